The van der Waals surface area contributed by atoms with Crippen molar-refractivity contribution in [3.8, 4) is 6.07 Å². The number of nitriles is 1. The summed E-state index contributed by atoms with van der Waals surface area (Å²) in [5, 5.41) is 11.9. The highest BCUT2D eigenvalue weighted by atomic mass is 19.1. The molecule has 0 spiro atoms. The zero-order valence-electron chi connectivity index (χ0n) is 15.9. The molecule has 148 valence electrons. The third kappa shape index (κ3) is 3.30. The number of nitrogens with one attached hydrogen (secondary N) is 1. The van der Waals surface area contributed by atoms with Crippen molar-refractivity contribution in [2.45, 2.75) is 62.9 Å². The van der Waals surface area contributed by atoms with Gasteiger partial charge in [0.1, 0.15) is 23.6 Å². The largest absolute Gasteiger partial charge is 0.350 e. The average Bonchev–Trinajstić information content (AvgIpc) is 3.50. The van der Waals surface area contributed by atoms with Crippen molar-refractivity contribution in [2.24, 2.45) is 10.9 Å². The van der Waals surface area contributed by atoms with Gasteiger partial charge in [-0.25, -0.2) is 8.78 Å². The van der Waals surface area contributed by atoms with E-state index in [-0.39, 0.29) is 18.1 Å². The van der Waals surface area contributed by atoms with Gasteiger partial charge < -0.3 is 5.32 Å². The van der Waals surface area contributed by atoms with Crippen molar-refractivity contribution < 1.29 is 13.6 Å². The standard InChI is InChI=1S/C21H24F2N4O/c1-13(19-18(23)9-14(10-24)11-25-19)26-20(28)21(6-7-21)27-8-5-15-3-2-4-17(22)16(15)12-27/h2-4,11,13-14,18-19H,5-9,12H2,1H3,(H,26,28)/t13-,14?,18?,19?/m1/s1. The Balaban J connectivity index is 1.44. The lowest BCUT2D eigenvalue weighted by Gasteiger charge is -2.36. The van der Waals surface area contributed by atoms with Crippen molar-refractivity contribution in [1.29, 1.82) is 5.26 Å². The molecule has 1 fully saturated rings. The van der Waals surface area contributed by atoms with Crippen LogP contribution in [0.25, 0.3) is 0 Å². The molecule has 7 heteroatoms. The van der Waals surface area contributed by atoms with Gasteiger partial charge in [-0.2, -0.15) is 5.26 Å². The van der Waals surface area contributed by atoms with Crippen LogP contribution in [0.15, 0.2) is 23.2 Å². The predicted molar refractivity (Wildman–Crippen MR) is 101 cm³/mol. The molecule has 2 heterocycles. The number of amides is 1. The summed E-state index contributed by atoms with van der Waals surface area (Å²) in [4.78, 5) is 19.3. The normalized spacial score (nSPS) is 29.4. The van der Waals surface area contributed by atoms with Gasteiger partial charge in [0.25, 0.3) is 0 Å². The topological polar surface area (TPSA) is 68.5 Å². The van der Waals surface area contributed by atoms with E-state index in [9.17, 15) is 13.6 Å². The number of halogens is 2. The minimum absolute atomic E-state index is 0.109. The second kappa shape index (κ2) is 7.25. The maximum atomic E-state index is 14.4. The third-order valence-electron chi connectivity index (χ3n) is 6.29. The molecular weight excluding hydrogens is 362 g/mol. The van der Waals surface area contributed by atoms with Crippen molar-refractivity contribution >= 4 is 12.1 Å². The van der Waals surface area contributed by atoms with Crippen molar-refractivity contribution in [3.63, 3.8) is 0 Å². The summed E-state index contributed by atoms with van der Waals surface area (Å²) in [5.41, 5.74) is 1.04. The lowest BCUT2D eigenvalue weighted by molar-refractivity contribution is -0.129. The molecular formula is C21H24F2N4O. The lowest BCUT2D eigenvalue weighted by atomic mass is 9.93. The summed E-state index contributed by atoms with van der Waals surface area (Å²) in [6.07, 6.45) is 2.50. The quantitative estimate of drug-likeness (QED) is 0.865. The predicted octanol–water partition coefficient (Wildman–Crippen LogP) is 2.54. The van der Waals surface area contributed by atoms with Crippen LogP contribution in [0.2, 0.25) is 0 Å². The summed E-state index contributed by atoms with van der Waals surface area (Å²) in [7, 11) is 0. The number of hydrogen-bond acceptors (Lipinski definition) is 4. The van der Waals surface area contributed by atoms with Crippen LogP contribution >= 0.6 is 0 Å². The average molecular weight is 386 g/mol. The van der Waals surface area contributed by atoms with Crippen LogP contribution in [0.3, 0.4) is 0 Å². The fourth-order valence-corrected chi connectivity index (χ4v) is 4.40. The van der Waals surface area contributed by atoms with E-state index in [0.29, 0.717) is 25.1 Å². The lowest BCUT2D eigenvalue weighted by Crippen LogP contribution is -2.55. The molecule has 2 aliphatic heterocycles. The minimum Gasteiger partial charge on any atom is -0.350 e. The van der Waals surface area contributed by atoms with Gasteiger partial charge in [0, 0.05) is 31.3 Å². The summed E-state index contributed by atoms with van der Waals surface area (Å²) in [5.74, 6) is -0.868. The van der Waals surface area contributed by atoms with Gasteiger partial charge >= 0.3 is 0 Å². The zero-order chi connectivity index (χ0) is 19.9. The van der Waals surface area contributed by atoms with E-state index in [1.54, 1.807) is 13.0 Å². The first-order valence-corrected chi connectivity index (χ1v) is 9.84. The number of nitrogens with zero attached hydrogens (tertiary/aromatic N) is 3. The molecule has 0 radical (unpaired) electrons. The molecule has 5 nitrogen and oxygen atoms in total. The Labute approximate surface area is 163 Å². The van der Waals surface area contributed by atoms with Crippen LogP contribution in [-0.2, 0) is 17.8 Å². The number of benzene rings is 1. The van der Waals surface area contributed by atoms with Crippen LogP contribution in [0.4, 0.5) is 8.78 Å². The second-order valence-electron chi connectivity index (χ2n) is 8.12. The molecule has 1 amide bonds. The first-order chi connectivity index (χ1) is 13.4. The fraction of sp³-hybridized carbons (Fsp3) is 0.571. The maximum absolute atomic E-state index is 14.4. The van der Waals surface area contributed by atoms with E-state index in [0.717, 1.165) is 18.4 Å². The van der Waals surface area contributed by atoms with Crippen molar-refractivity contribution in [2.75, 3.05) is 6.54 Å². The molecule has 1 aromatic rings. The summed E-state index contributed by atoms with van der Waals surface area (Å²) in [6.45, 7) is 2.87. The van der Waals surface area contributed by atoms with E-state index in [1.165, 1.54) is 12.3 Å². The third-order valence-corrected chi connectivity index (χ3v) is 6.29. The number of hydrogen-bond donors (Lipinski definition) is 1. The molecule has 3 unspecified atom stereocenters. The highest BCUT2D eigenvalue weighted by Crippen LogP contribution is 2.44. The summed E-state index contributed by atoms with van der Waals surface area (Å²) >= 11 is 0. The molecule has 4 rings (SSSR count). The first kappa shape index (κ1) is 19.0. The van der Waals surface area contributed by atoms with Gasteiger partial charge in [-0.05, 0) is 37.8 Å². The van der Waals surface area contributed by atoms with Gasteiger partial charge in [-0.15, -0.1) is 0 Å². The fourth-order valence-electron chi connectivity index (χ4n) is 4.40. The van der Waals surface area contributed by atoms with Gasteiger partial charge in [-0.3, -0.25) is 14.7 Å². The smallest absolute Gasteiger partial charge is 0.240 e. The number of aliphatic imine (C=N–C) groups is 1. The number of rotatable bonds is 4. The summed E-state index contributed by atoms with van der Waals surface area (Å²) < 4.78 is 28.6. The van der Waals surface area contributed by atoms with Crippen LogP contribution in [-0.4, -0.2) is 47.4 Å². The highest BCUT2D eigenvalue weighted by molar-refractivity contribution is 5.89. The molecule has 0 aromatic heterocycles. The first-order valence-electron chi connectivity index (χ1n) is 9.84. The Morgan fingerprint density at radius 3 is 2.93 bits per heavy atom. The van der Waals surface area contributed by atoms with E-state index < -0.39 is 29.7 Å². The molecule has 1 N–H and O–H groups in total. The molecule has 0 bridgehead atoms. The van der Waals surface area contributed by atoms with Crippen LogP contribution in [0, 0.1) is 23.1 Å². The van der Waals surface area contributed by atoms with Gasteiger partial charge in [0.2, 0.25) is 5.91 Å². The minimum atomic E-state index is -1.25. The van der Waals surface area contributed by atoms with Crippen molar-refractivity contribution in [1.82, 2.24) is 10.2 Å². The van der Waals surface area contributed by atoms with Gasteiger partial charge in [0.15, 0.2) is 0 Å². The SMILES string of the molecule is C[C@@H](NC(=O)C1(N2CCc3cccc(F)c3C2)CC1)C1N=CC(C#N)CC1F. The van der Waals surface area contributed by atoms with E-state index in [4.69, 9.17) is 5.26 Å². The van der Waals surface area contributed by atoms with Crippen LogP contribution in [0.5, 0.6) is 0 Å². The number of carbonyl (C=O) groups excluding carboxylic acids is 1. The second-order valence-corrected chi connectivity index (χ2v) is 8.12. The molecule has 1 aliphatic carbocycles. The summed E-state index contributed by atoms with van der Waals surface area (Å²) in [6, 6.07) is 5.99. The van der Waals surface area contributed by atoms with Gasteiger partial charge in [-0.1, -0.05) is 12.1 Å². The van der Waals surface area contributed by atoms with Crippen LogP contribution in [0.1, 0.15) is 37.3 Å². The molecule has 1 aromatic carbocycles. The zero-order valence-corrected chi connectivity index (χ0v) is 15.9. The monoisotopic (exact) mass is 386 g/mol. The Kier molecular flexibility index (Phi) is 4.92. The number of alkyl halides is 1. The van der Waals surface area contributed by atoms with Gasteiger partial charge in [0.05, 0.1) is 18.0 Å². The number of carbonyl (C=O) groups is 1. The molecule has 1 saturated carbocycles. The Morgan fingerprint density at radius 1 is 1.46 bits per heavy atom. The molecule has 0 saturated heterocycles. The van der Waals surface area contributed by atoms with E-state index in [2.05, 4.69) is 15.2 Å². The number of fused-ring (bicyclic) bond motifs is 1. The molecule has 3 aliphatic rings. The molecule has 4 atom stereocenters. The van der Waals surface area contributed by atoms with Crippen molar-refractivity contribution in [3.05, 3.63) is 35.1 Å². The maximum Gasteiger partial charge on any atom is 0.240 e. The van der Waals surface area contributed by atoms with E-state index in [1.807, 2.05) is 12.1 Å². The molecule has 28 heavy (non-hydrogen) atoms. The van der Waals surface area contributed by atoms with Crippen LogP contribution < -0.4 is 5.32 Å². The Hall–Kier alpha value is -2.33. The Morgan fingerprint density at radius 2 is 2.25 bits per heavy atom. The highest BCUT2D eigenvalue weighted by Gasteiger charge is 2.55. The Bertz CT molecular complexity index is 845. The van der Waals surface area contributed by atoms with E-state index >= 15 is 0 Å².